The minimum atomic E-state index is -0.673. The Bertz CT molecular complexity index is 1090. The van der Waals surface area contributed by atoms with Crippen molar-refractivity contribution in [1.82, 2.24) is 19.1 Å². The molecule has 0 aliphatic rings. The second-order valence-electron chi connectivity index (χ2n) is 5.84. The topological polar surface area (TPSA) is 108 Å². The van der Waals surface area contributed by atoms with Gasteiger partial charge in [0.25, 0.3) is 5.56 Å². The van der Waals surface area contributed by atoms with Gasteiger partial charge in [-0.05, 0) is 28.1 Å². The zero-order valence-corrected chi connectivity index (χ0v) is 16.2. The number of aryl methyl sites for hydroxylation is 1. The molecule has 10 heteroatoms. The summed E-state index contributed by atoms with van der Waals surface area (Å²) in [7, 11) is 1.51. The molecule has 0 amide bonds. The molecule has 0 unspecified atom stereocenters. The predicted molar refractivity (Wildman–Crippen MR) is 101 cm³/mol. The molecule has 1 aromatic carbocycles. The van der Waals surface area contributed by atoms with Gasteiger partial charge in [-0.15, -0.1) is 0 Å². The standard InChI is InChI=1S/C17H17BrN4O5/c1-10(23)27-12(9-26-11-6-4-3-5-7-11)8-22-13-14(19-16(22)18)21(2)17(25)20-15(13)24/h3-7,12H,8-9H2,1-2H3,(H,20,24,25)/t12-/m1/s1. The number of benzene rings is 1. The van der Waals surface area contributed by atoms with E-state index in [2.05, 4.69) is 25.9 Å². The molecule has 9 nitrogen and oxygen atoms in total. The van der Waals surface area contributed by atoms with Gasteiger partial charge in [-0.1, -0.05) is 18.2 Å². The Kier molecular flexibility index (Phi) is 5.45. The average Bonchev–Trinajstić information content (AvgIpc) is 2.95. The molecule has 27 heavy (non-hydrogen) atoms. The van der Waals surface area contributed by atoms with Crippen LogP contribution in [-0.2, 0) is 23.1 Å². The molecule has 0 aliphatic carbocycles. The molecule has 0 spiro atoms. The summed E-state index contributed by atoms with van der Waals surface area (Å²) in [6.07, 6.45) is -0.673. The third-order valence-electron chi connectivity index (χ3n) is 3.86. The van der Waals surface area contributed by atoms with Crippen molar-refractivity contribution in [1.29, 1.82) is 0 Å². The molecular formula is C17H17BrN4O5. The first-order valence-electron chi connectivity index (χ1n) is 8.07. The molecule has 2 aromatic heterocycles. The van der Waals surface area contributed by atoms with E-state index in [1.165, 1.54) is 23.1 Å². The van der Waals surface area contributed by atoms with E-state index >= 15 is 0 Å². The maximum atomic E-state index is 12.3. The lowest BCUT2D eigenvalue weighted by molar-refractivity contribution is -0.148. The molecular weight excluding hydrogens is 420 g/mol. The molecule has 3 aromatic rings. The highest BCUT2D eigenvalue weighted by molar-refractivity contribution is 9.10. The van der Waals surface area contributed by atoms with E-state index in [0.717, 1.165) is 0 Å². The first-order valence-corrected chi connectivity index (χ1v) is 8.86. The number of carbonyl (C=O) groups is 1. The molecule has 3 rings (SSSR count). The van der Waals surface area contributed by atoms with Crippen LogP contribution < -0.4 is 16.0 Å². The van der Waals surface area contributed by atoms with Crippen LogP contribution in [0.1, 0.15) is 6.92 Å². The highest BCUT2D eigenvalue weighted by atomic mass is 79.9. The average molecular weight is 437 g/mol. The predicted octanol–water partition coefficient (Wildman–Crippen LogP) is 1.20. The van der Waals surface area contributed by atoms with E-state index in [0.29, 0.717) is 10.5 Å². The van der Waals surface area contributed by atoms with Crippen LogP contribution in [0.4, 0.5) is 0 Å². The maximum absolute atomic E-state index is 12.3. The number of rotatable bonds is 6. The summed E-state index contributed by atoms with van der Waals surface area (Å²) in [6, 6.07) is 9.09. The SMILES string of the molecule is CC(=O)O[C@@H](COc1ccccc1)Cn1c(Br)nc2c1c(=O)[nH]c(=O)n2C. The number of para-hydroxylation sites is 1. The number of hydrogen-bond donors (Lipinski definition) is 1. The smallest absolute Gasteiger partial charge is 0.329 e. The van der Waals surface area contributed by atoms with Crippen molar-refractivity contribution in [2.45, 2.75) is 19.6 Å². The number of aromatic nitrogens is 4. The summed E-state index contributed by atoms with van der Waals surface area (Å²) < 4.78 is 14.1. The van der Waals surface area contributed by atoms with Crippen molar-refractivity contribution in [3.05, 3.63) is 55.9 Å². The van der Waals surface area contributed by atoms with Crippen LogP contribution in [0.25, 0.3) is 11.2 Å². The number of H-pyrrole nitrogens is 1. The Balaban J connectivity index is 1.92. The molecule has 0 fully saturated rings. The Morgan fingerprint density at radius 2 is 2.00 bits per heavy atom. The Labute approximate surface area is 161 Å². The Morgan fingerprint density at radius 3 is 2.67 bits per heavy atom. The molecule has 0 radical (unpaired) electrons. The minimum Gasteiger partial charge on any atom is -0.490 e. The number of esters is 1. The quantitative estimate of drug-likeness (QED) is 0.459. The van der Waals surface area contributed by atoms with Gasteiger partial charge in [0.1, 0.15) is 12.4 Å². The summed E-state index contributed by atoms with van der Waals surface area (Å²) in [6.45, 7) is 1.50. The molecule has 0 aliphatic heterocycles. The molecule has 2 heterocycles. The van der Waals surface area contributed by atoms with Crippen LogP contribution in [0.5, 0.6) is 5.75 Å². The number of hydrogen-bond acceptors (Lipinski definition) is 6. The number of carbonyl (C=O) groups excluding carboxylic acids is 1. The summed E-state index contributed by atoms with van der Waals surface area (Å²) in [5.41, 5.74) is -0.715. The van der Waals surface area contributed by atoms with Gasteiger partial charge in [-0.25, -0.2) is 9.78 Å². The number of nitrogens with one attached hydrogen (secondary N) is 1. The highest BCUT2D eigenvalue weighted by Crippen LogP contribution is 2.18. The number of nitrogens with zero attached hydrogens (tertiary/aromatic N) is 3. The van der Waals surface area contributed by atoms with Gasteiger partial charge in [0.2, 0.25) is 0 Å². The lowest BCUT2D eigenvalue weighted by Crippen LogP contribution is -2.32. The first kappa shape index (κ1) is 18.9. The molecule has 1 atom stereocenters. The molecule has 142 valence electrons. The molecule has 0 bridgehead atoms. The van der Waals surface area contributed by atoms with E-state index in [9.17, 15) is 14.4 Å². The fraction of sp³-hybridized carbons (Fsp3) is 0.294. The number of aromatic amines is 1. The Morgan fingerprint density at radius 1 is 1.30 bits per heavy atom. The lowest BCUT2D eigenvalue weighted by Gasteiger charge is -2.19. The number of fused-ring (bicyclic) bond motifs is 1. The van der Waals surface area contributed by atoms with Crippen LogP contribution in [0.2, 0.25) is 0 Å². The zero-order chi connectivity index (χ0) is 19.6. The summed E-state index contributed by atoms with van der Waals surface area (Å²) in [5, 5.41) is 0. The van der Waals surface area contributed by atoms with Gasteiger partial charge >= 0.3 is 11.7 Å². The number of imidazole rings is 1. The summed E-state index contributed by atoms with van der Waals surface area (Å²) in [5.74, 6) is 0.156. The summed E-state index contributed by atoms with van der Waals surface area (Å²) >= 11 is 3.30. The fourth-order valence-corrected chi connectivity index (χ4v) is 3.13. The van der Waals surface area contributed by atoms with Crippen molar-refractivity contribution >= 4 is 33.1 Å². The Hall–Kier alpha value is -2.88. The summed E-state index contributed by atoms with van der Waals surface area (Å²) in [4.78, 5) is 42.0. The monoisotopic (exact) mass is 436 g/mol. The molecule has 0 saturated carbocycles. The normalized spacial score (nSPS) is 12.1. The van der Waals surface area contributed by atoms with E-state index in [4.69, 9.17) is 9.47 Å². The van der Waals surface area contributed by atoms with Gasteiger partial charge < -0.3 is 14.0 Å². The van der Waals surface area contributed by atoms with Gasteiger partial charge in [-0.2, -0.15) is 0 Å². The molecule has 1 N–H and O–H groups in total. The van der Waals surface area contributed by atoms with Gasteiger partial charge in [0.05, 0.1) is 6.54 Å². The number of ether oxygens (including phenoxy) is 2. The van der Waals surface area contributed by atoms with Crippen LogP contribution >= 0.6 is 15.9 Å². The van der Waals surface area contributed by atoms with Crippen molar-refractivity contribution in [3.8, 4) is 5.75 Å². The molecule has 0 saturated heterocycles. The van der Waals surface area contributed by atoms with Crippen molar-refractivity contribution in [2.75, 3.05) is 6.61 Å². The lowest BCUT2D eigenvalue weighted by atomic mass is 10.3. The zero-order valence-electron chi connectivity index (χ0n) is 14.6. The van der Waals surface area contributed by atoms with E-state index < -0.39 is 23.3 Å². The van der Waals surface area contributed by atoms with E-state index in [1.807, 2.05) is 18.2 Å². The minimum absolute atomic E-state index is 0.0827. The second kappa shape index (κ2) is 7.78. The van der Waals surface area contributed by atoms with Crippen LogP contribution in [-0.4, -0.2) is 37.8 Å². The maximum Gasteiger partial charge on any atom is 0.329 e. The highest BCUT2D eigenvalue weighted by Gasteiger charge is 2.21. The van der Waals surface area contributed by atoms with Crippen molar-refractivity contribution in [3.63, 3.8) is 0 Å². The second-order valence-corrected chi connectivity index (χ2v) is 6.55. The third-order valence-corrected chi connectivity index (χ3v) is 4.46. The van der Waals surface area contributed by atoms with Crippen LogP contribution in [0.15, 0.2) is 44.7 Å². The van der Waals surface area contributed by atoms with Crippen molar-refractivity contribution in [2.24, 2.45) is 7.05 Å². The largest absolute Gasteiger partial charge is 0.490 e. The van der Waals surface area contributed by atoms with Gasteiger partial charge in [-0.3, -0.25) is 19.1 Å². The van der Waals surface area contributed by atoms with Gasteiger partial charge in [0, 0.05) is 14.0 Å². The number of halogens is 1. The van der Waals surface area contributed by atoms with Crippen LogP contribution in [0.3, 0.4) is 0 Å². The van der Waals surface area contributed by atoms with E-state index in [1.54, 1.807) is 12.1 Å². The first-order chi connectivity index (χ1) is 12.9. The van der Waals surface area contributed by atoms with Crippen LogP contribution in [0, 0.1) is 0 Å². The van der Waals surface area contributed by atoms with E-state index in [-0.39, 0.29) is 24.3 Å². The van der Waals surface area contributed by atoms with Gasteiger partial charge in [0.15, 0.2) is 22.0 Å². The van der Waals surface area contributed by atoms with Crippen molar-refractivity contribution < 1.29 is 14.3 Å². The fourth-order valence-electron chi connectivity index (χ4n) is 2.64. The third kappa shape index (κ3) is 4.11.